The van der Waals surface area contributed by atoms with Gasteiger partial charge in [0.25, 0.3) is 0 Å². The lowest BCUT2D eigenvalue weighted by atomic mass is 10.0. The van der Waals surface area contributed by atoms with Crippen LogP contribution in [0.25, 0.3) is 0 Å². The Morgan fingerprint density at radius 2 is 1.47 bits per heavy atom. The molecule has 76 valence electrons. The molecule has 2 N–H and O–H groups in total. The van der Waals surface area contributed by atoms with Gasteiger partial charge in [0.2, 0.25) is 0 Å². The summed E-state index contributed by atoms with van der Waals surface area (Å²) in [7, 11) is 0. The van der Waals surface area contributed by atoms with Gasteiger partial charge in [0, 0.05) is 15.7 Å². The summed E-state index contributed by atoms with van der Waals surface area (Å²) in [5, 5.41) is 0. The molecule has 0 aromatic heterocycles. The molecule has 0 unspecified atom stereocenters. The molecule has 2 rings (SSSR count). The minimum absolute atomic E-state index is 0.872. The molecule has 0 atom stereocenters. The zero-order valence-electron chi connectivity index (χ0n) is 8.28. The minimum atomic E-state index is 0.872. The van der Waals surface area contributed by atoms with Crippen LogP contribution >= 0.6 is 22.6 Å². The largest absolute Gasteiger partial charge is 0.398 e. The fourth-order valence-corrected chi connectivity index (χ4v) is 2.12. The predicted octanol–water partition coefficient (Wildman–Crippen LogP) is 3.46. The summed E-state index contributed by atoms with van der Waals surface area (Å²) < 4.78 is 1.29. The second kappa shape index (κ2) is 4.66. The molecule has 1 nitrogen and oxygen atoms in total. The van der Waals surface area contributed by atoms with Gasteiger partial charge in [-0.05, 0) is 45.9 Å². The molecule has 0 saturated carbocycles. The van der Waals surface area contributed by atoms with Crippen LogP contribution in [0.15, 0.2) is 48.5 Å². The number of rotatable bonds is 2. The van der Waals surface area contributed by atoms with E-state index in [4.69, 9.17) is 5.73 Å². The molecule has 0 radical (unpaired) electrons. The van der Waals surface area contributed by atoms with Gasteiger partial charge in [-0.1, -0.05) is 36.4 Å². The van der Waals surface area contributed by atoms with Crippen molar-refractivity contribution >= 4 is 28.3 Å². The van der Waals surface area contributed by atoms with Crippen molar-refractivity contribution in [3.63, 3.8) is 0 Å². The fraction of sp³-hybridized carbons (Fsp3) is 0.0769. The smallest absolute Gasteiger partial charge is 0.0349 e. The maximum absolute atomic E-state index is 5.92. The maximum Gasteiger partial charge on any atom is 0.0349 e. The van der Waals surface area contributed by atoms with Crippen LogP contribution in [0, 0.1) is 3.57 Å². The Balaban J connectivity index is 2.30. The summed E-state index contributed by atoms with van der Waals surface area (Å²) >= 11 is 2.36. The standard InChI is InChI=1S/C13H12IN/c14-12-7-3-1-5-10(12)9-11-6-2-4-8-13(11)15/h1-8H,9,15H2. The van der Waals surface area contributed by atoms with E-state index in [0.29, 0.717) is 0 Å². The van der Waals surface area contributed by atoms with Crippen LogP contribution in [0.3, 0.4) is 0 Å². The van der Waals surface area contributed by atoms with Gasteiger partial charge in [-0.15, -0.1) is 0 Å². The van der Waals surface area contributed by atoms with Crippen LogP contribution in [0.1, 0.15) is 11.1 Å². The second-order valence-corrected chi connectivity index (χ2v) is 4.63. The Morgan fingerprint density at radius 3 is 2.13 bits per heavy atom. The molecule has 0 amide bonds. The molecule has 0 aliphatic heterocycles. The Labute approximate surface area is 103 Å². The first-order valence-corrected chi connectivity index (χ1v) is 5.92. The van der Waals surface area contributed by atoms with Gasteiger partial charge in [0.05, 0.1) is 0 Å². The first-order chi connectivity index (χ1) is 7.27. The van der Waals surface area contributed by atoms with E-state index < -0.39 is 0 Å². The monoisotopic (exact) mass is 309 g/mol. The quantitative estimate of drug-likeness (QED) is 0.667. The third-order valence-electron chi connectivity index (χ3n) is 2.39. The van der Waals surface area contributed by atoms with Gasteiger partial charge in [-0.3, -0.25) is 0 Å². The molecular formula is C13H12IN. The van der Waals surface area contributed by atoms with E-state index in [-0.39, 0.29) is 0 Å². The lowest BCUT2D eigenvalue weighted by molar-refractivity contribution is 1.18. The number of para-hydroxylation sites is 1. The van der Waals surface area contributed by atoms with Crippen LogP contribution in [-0.4, -0.2) is 0 Å². The van der Waals surface area contributed by atoms with E-state index in [1.165, 1.54) is 14.7 Å². The summed E-state index contributed by atoms with van der Waals surface area (Å²) in [6.45, 7) is 0. The molecule has 2 aromatic rings. The van der Waals surface area contributed by atoms with Crippen molar-refractivity contribution in [1.29, 1.82) is 0 Å². The zero-order chi connectivity index (χ0) is 10.7. The molecule has 15 heavy (non-hydrogen) atoms. The molecule has 2 heteroatoms. The van der Waals surface area contributed by atoms with Crippen LogP contribution in [0.4, 0.5) is 5.69 Å². The second-order valence-electron chi connectivity index (χ2n) is 3.47. The van der Waals surface area contributed by atoms with Gasteiger partial charge in [-0.2, -0.15) is 0 Å². The number of nitrogens with two attached hydrogens (primary N) is 1. The van der Waals surface area contributed by atoms with E-state index in [1.807, 2.05) is 18.2 Å². The molecule has 0 bridgehead atoms. The molecular weight excluding hydrogens is 297 g/mol. The van der Waals surface area contributed by atoms with Crippen molar-refractivity contribution in [2.75, 3.05) is 5.73 Å². The predicted molar refractivity (Wildman–Crippen MR) is 72.8 cm³/mol. The number of halogens is 1. The van der Waals surface area contributed by atoms with Crippen molar-refractivity contribution in [3.05, 3.63) is 63.2 Å². The topological polar surface area (TPSA) is 26.0 Å². The lowest BCUT2D eigenvalue weighted by Crippen LogP contribution is -1.96. The molecule has 0 aliphatic carbocycles. The molecule has 0 fully saturated rings. The van der Waals surface area contributed by atoms with E-state index in [9.17, 15) is 0 Å². The van der Waals surface area contributed by atoms with E-state index >= 15 is 0 Å². The zero-order valence-corrected chi connectivity index (χ0v) is 10.4. The Morgan fingerprint density at radius 1 is 0.867 bits per heavy atom. The van der Waals surface area contributed by atoms with Gasteiger partial charge in [-0.25, -0.2) is 0 Å². The van der Waals surface area contributed by atoms with Crippen LogP contribution in [0.5, 0.6) is 0 Å². The molecule has 0 saturated heterocycles. The Bertz CT molecular complexity index is 422. The number of hydrogen-bond donors (Lipinski definition) is 1. The fourth-order valence-electron chi connectivity index (χ4n) is 1.54. The maximum atomic E-state index is 5.92. The molecule has 0 heterocycles. The normalized spacial score (nSPS) is 10.2. The van der Waals surface area contributed by atoms with Crippen LogP contribution in [0.2, 0.25) is 0 Å². The number of anilines is 1. The van der Waals surface area contributed by atoms with Gasteiger partial charge >= 0.3 is 0 Å². The highest BCUT2D eigenvalue weighted by Gasteiger charge is 2.02. The van der Waals surface area contributed by atoms with Crippen molar-refractivity contribution in [3.8, 4) is 0 Å². The van der Waals surface area contributed by atoms with Crippen molar-refractivity contribution in [2.24, 2.45) is 0 Å². The van der Waals surface area contributed by atoms with Crippen molar-refractivity contribution in [1.82, 2.24) is 0 Å². The number of benzene rings is 2. The minimum Gasteiger partial charge on any atom is -0.398 e. The highest BCUT2D eigenvalue weighted by Crippen LogP contribution is 2.19. The van der Waals surface area contributed by atoms with Crippen LogP contribution in [-0.2, 0) is 6.42 Å². The third kappa shape index (κ3) is 2.50. The number of nitrogen functional groups attached to an aromatic ring is 1. The average molecular weight is 309 g/mol. The lowest BCUT2D eigenvalue weighted by Gasteiger charge is -2.06. The van der Waals surface area contributed by atoms with Crippen molar-refractivity contribution in [2.45, 2.75) is 6.42 Å². The SMILES string of the molecule is Nc1ccccc1Cc1ccccc1I. The first kappa shape index (κ1) is 10.5. The molecule has 0 spiro atoms. The Hall–Kier alpha value is -1.03. The number of hydrogen-bond acceptors (Lipinski definition) is 1. The van der Waals surface area contributed by atoms with Gasteiger partial charge in [0.15, 0.2) is 0 Å². The van der Waals surface area contributed by atoms with Crippen molar-refractivity contribution < 1.29 is 0 Å². The van der Waals surface area contributed by atoms with E-state index in [2.05, 4.69) is 52.9 Å². The highest BCUT2D eigenvalue weighted by molar-refractivity contribution is 14.1. The van der Waals surface area contributed by atoms with Gasteiger partial charge in [0.1, 0.15) is 0 Å². The summed E-state index contributed by atoms with van der Waals surface area (Å²) in [5.74, 6) is 0. The molecule has 2 aromatic carbocycles. The summed E-state index contributed by atoms with van der Waals surface area (Å²) in [6, 6.07) is 16.4. The summed E-state index contributed by atoms with van der Waals surface area (Å²) in [4.78, 5) is 0. The van der Waals surface area contributed by atoms with E-state index in [1.54, 1.807) is 0 Å². The third-order valence-corrected chi connectivity index (χ3v) is 3.45. The summed E-state index contributed by atoms with van der Waals surface area (Å²) in [6.07, 6.45) is 0.909. The Kier molecular flexibility index (Phi) is 3.26. The summed E-state index contributed by atoms with van der Waals surface area (Å²) in [5.41, 5.74) is 9.31. The average Bonchev–Trinajstić information content (AvgIpc) is 2.24. The molecule has 0 aliphatic rings. The van der Waals surface area contributed by atoms with Gasteiger partial charge < -0.3 is 5.73 Å². The van der Waals surface area contributed by atoms with Crippen LogP contribution < -0.4 is 5.73 Å². The first-order valence-electron chi connectivity index (χ1n) is 4.84. The van der Waals surface area contributed by atoms with E-state index in [0.717, 1.165) is 12.1 Å². The highest BCUT2D eigenvalue weighted by atomic mass is 127.